The van der Waals surface area contributed by atoms with Crippen LogP contribution in [0.5, 0.6) is 0 Å². The van der Waals surface area contributed by atoms with Crippen LogP contribution in [-0.2, 0) is 0 Å². The van der Waals surface area contributed by atoms with E-state index in [1.165, 1.54) is 12.1 Å². The highest BCUT2D eigenvalue weighted by Crippen LogP contribution is 2.31. The molecule has 120 valence electrons. The number of nitrogens with one attached hydrogen (secondary N) is 1. The van der Waals surface area contributed by atoms with Crippen molar-refractivity contribution in [2.75, 3.05) is 26.2 Å². The molecule has 0 unspecified atom stereocenters. The Morgan fingerprint density at radius 3 is 2.24 bits per heavy atom. The third-order valence-corrected chi connectivity index (χ3v) is 3.82. The van der Waals surface area contributed by atoms with E-state index >= 15 is 0 Å². The van der Waals surface area contributed by atoms with Crippen molar-refractivity contribution in [1.29, 1.82) is 0 Å². The van der Waals surface area contributed by atoms with Gasteiger partial charge in [0.05, 0.1) is 0 Å². The lowest BCUT2D eigenvalue weighted by Gasteiger charge is -2.35. The first-order valence-electron chi connectivity index (χ1n) is 6.33. The monoisotopic (exact) mass is 402 g/mol. The Hall–Kier alpha value is -0.200. The predicted molar refractivity (Wildman–Crippen MR) is 90.6 cm³/mol. The van der Waals surface area contributed by atoms with Crippen molar-refractivity contribution in [2.45, 2.75) is 12.5 Å². The standard InChI is InChI=1S/C14H17BrF2N2.2ClH/c1-2-3-13(19-6-4-18-5-7-19)14-11(16)8-10(15)9-12(14)17;;/h2,8-9,13,18H,1,3-7H2;2*1H/t13-;;/m1../s1. The van der Waals surface area contributed by atoms with Gasteiger partial charge in [0.15, 0.2) is 0 Å². The summed E-state index contributed by atoms with van der Waals surface area (Å²) < 4.78 is 28.6. The Morgan fingerprint density at radius 1 is 1.24 bits per heavy atom. The number of rotatable bonds is 4. The molecule has 1 aromatic rings. The maximum absolute atomic E-state index is 14.1. The molecule has 21 heavy (non-hydrogen) atoms. The molecule has 2 nitrogen and oxygen atoms in total. The Morgan fingerprint density at radius 2 is 1.76 bits per heavy atom. The summed E-state index contributed by atoms with van der Waals surface area (Å²) in [5, 5.41) is 3.24. The second kappa shape index (κ2) is 9.74. The van der Waals surface area contributed by atoms with E-state index < -0.39 is 11.6 Å². The molecule has 1 N–H and O–H groups in total. The first kappa shape index (κ1) is 20.8. The highest BCUT2D eigenvalue weighted by atomic mass is 79.9. The van der Waals surface area contributed by atoms with Crippen molar-refractivity contribution in [2.24, 2.45) is 0 Å². The molecule has 0 amide bonds. The lowest BCUT2D eigenvalue weighted by atomic mass is 10.00. The van der Waals surface area contributed by atoms with Crippen LogP contribution in [0.25, 0.3) is 0 Å². The van der Waals surface area contributed by atoms with E-state index in [9.17, 15) is 8.78 Å². The highest BCUT2D eigenvalue weighted by molar-refractivity contribution is 9.10. The number of hydrogen-bond donors (Lipinski definition) is 1. The zero-order valence-electron chi connectivity index (χ0n) is 11.4. The molecule has 0 aliphatic carbocycles. The summed E-state index contributed by atoms with van der Waals surface area (Å²) in [5.74, 6) is -1.01. The van der Waals surface area contributed by atoms with Crippen LogP contribution < -0.4 is 5.32 Å². The number of nitrogens with zero attached hydrogens (tertiary/aromatic N) is 1. The van der Waals surface area contributed by atoms with Crippen molar-refractivity contribution in [3.05, 3.63) is 46.5 Å². The summed E-state index contributed by atoms with van der Waals surface area (Å²) in [7, 11) is 0. The van der Waals surface area contributed by atoms with Gasteiger partial charge in [0.2, 0.25) is 0 Å². The Balaban J connectivity index is 0.00000200. The topological polar surface area (TPSA) is 15.3 Å². The maximum Gasteiger partial charge on any atom is 0.132 e. The summed E-state index contributed by atoms with van der Waals surface area (Å²) in [6.07, 6.45) is 2.25. The predicted octanol–water partition coefficient (Wildman–Crippen LogP) is 4.09. The van der Waals surface area contributed by atoms with Crippen molar-refractivity contribution in [3.8, 4) is 0 Å². The van der Waals surface area contributed by atoms with Crippen LogP contribution in [0.4, 0.5) is 8.78 Å². The third-order valence-electron chi connectivity index (χ3n) is 3.36. The second-order valence-electron chi connectivity index (χ2n) is 4.61. The minimum Gasteiger partial charge on any atom is -0.314 e. The fourth-order valence-corrected chi connectivity index (χ4v) is 2.87. The van der Waals surface area contributed by atoms with E-state index in [-0.39, 0.29) is 36.4 Å². The van der Waals surface area contributed by atoms with E-state index in [0.717, 1.165) is 26.2 Å². The fraction of sp³-hybridized carbons (Fsp3) is 0.429. The molecule has 0 bridgehead atoms. The molecule has 0 radical (unpaired) electrons. The van der Waals surface area contributed by atoms with Crippen LogP contribution >= 0.6 is 40.7 Å². The molecule has 1 saturated heterocycles. The van der Waals surface area contributed by atoms with E-state index in [0.29, 0.717) is 10.9 Å². The molecule has 1 fully saturated rings. The number of benzene rings is 1. The van der Waals surface area contributed by atoms with Crippen LogP contribution in [-0.4, -0.2) is 31.1 Å². The molecule has 1 aromatic carbocycles. The fourth-order valence-electron chi connectivity index (χ4n) is 2.47. The summed E-state index contributed by atoms with van der Waals surface area (Å²) >= 11 is 3.11. The molecule has 2 rings (SSSR count). The molecule has 7 heteroatoms. The molecule has 1 aliphatic heterocycles. The molecule has 1 atom stereocenters. The molecular formula is C14H19BrCl2F2N2. The summed E-state index contributed by atoms with van der Waals surface area (Å²) in [5.41, 5.74) is 0.144. The Kier molecular flexibility index (Phi) is 9.65. The van der Waals surface area contributed by atoms with Gasteiger partial charge in [-0.05, 0) is 18.6 Å². The smallest absolute Gasteiger partial charge is 0.132 e. The Bertz CT molecular complexity index is 445. The minimum absolute atomic E-state index is 0. The second-order valence-corrected chi connectivity index (χ2v) is 5.52. The molecule has 1 aliphatic rings. The van der Waals surface area contributed by atoms with Gasteiger partial charge in [-0.1, -0.05) is 22.0 Å². The largest absolute Gasteiger partial charge is 0.314 e. The van der Waals surface area contributed by atoms with E-state index in [2.05, 4.69) is 32.7 Å². The van der Waals surface area contributed by atoms with E-state index in [1.54, 1.807) is 6.08 Å². The first-order valence-corrected chi connectivity index (χ1v) is 7.13. The normalized spacial score (nSPS) is 16.5. The van der Waals surface area contributed by atoms with Crippen molar-refractivity contribution in [1.82, 2.24) is 10.2 Å². The lowest BCUT2D eigenvalue weighted by Crippen LogP contribution is -2.45. The van der Waals surface area contributed by atoms with Crippen LogP contribution in [0.3, 0.4) is 0 Å². The van der Waals surface area contributed by atoms with E-state index in [1.807, 2.05) is 0 Å². The van der Waals surface area contributed by atoms with Gasteiger partial charge in [-0.25, -0.2) is 8.78 Å². The SMILES string of the molecule is C=CC[C@H](c1c(F)cc(Br)cc1F)N1CCNCC1.Cl.Cl. The van der Waals surface area contributed by atoms with Crippen LogP contribution in [0.15, 0.2) is 29.3 Å². The highest BCUT2D eigenvalue weighted by Gasteiger charge is 2.26. The van der Waals surface area contributed by atoms with Gasteiger partial charge in [-0.15, -0.1) is 31.4 Å². The molecule has 0 saturated carbocycles. The van der Waals surface area contributed by atoms with Gasteiger partial charge in [0, 0.05) is 42.3 Å². The van der Waals surface area contributed by atoms with E-state index in [4.69, 9.17) is 0 Å². The van der Waals surface area contributed by atoms with Crippen molar-refractivity contribution in [3.63, 3.8) is 0 Å². The van der Waals surface area contributed by atoms with Crippen molar-refractivity contribution >= 4 is 40.7 Å². The maximum atomic E-state index is 14.1. The van der Waals surface area contributed by atoms with Gasteiger partial charge in [0.25, 0.3) is 0 Å². The van der Waals surface area contributed by atoms with Crippen molar-refractivity contribution < 1.29 is 8.78 Å². The molecule has 0 spiro atoms. The van der Waals surface area contributed by atoms with Crippen LogP contribution in [0.2, 0.25) is 0 Å². The van der Waals surface area contributed by atoms with Gasteiger partial charge < -0.3 is 5.32 Å². The first-order chi connectivity index (χ1) is 9.13. The number of piperazine rings is 1. The van der Waals surface area contributed by atoms with Gasteiger partial charge in [0.1, 0.15) is 11.6 Å². The lowest BCUT2D eigenvalue weighted by molar-refractivity contribution is 0.168. The number of halogens is 5. The zero-order valence-corrected chi connectivity index (χ0v) is 14.7. The molecule has 0 aromatic heterocycles. The number of hydrogen-bond acceptors (Lipinski definition) is 2. The molecular weight excluding hydrogens is 385 g/mol. The van der Waals surface area contributed by atoms with Gasteiger partial charge in [-0.3, -0.25) is 4.90 Å². The van der Waals surface area contributed by atoms with Crippen LogP contribution in [0.1, 0.15) is 18.0 Å². The Labute approximate surface area is 144 Å². The molecule has 1 heterocycles. The third kappa shape index (κ3) is 5.18. The van der Waals surface area contributed by atoms with Gasteiger partial charge in [-0.2, -0.15) is 0 Å². The van der Waals surface area contributed by atoms with Crippen LogP contribution in [0, 0.1) is 11.6 Å². The summed E-state index contributed by atoms with van der Waals surface area (Å²) in [6, 6.07) is 2.35. The van der Waals surface area contributed by atoms with Gasteiger partial charge >= 0.3 is 0 Å². The average molecular weight is 404 g/mol. The summed E-state index contributed by atoms with van der Waals surface area (Å²) in [6.45, 7) is 6.95. The minimum atomic E-state index is -0.503. The summed E-state index contributed by atoms with van der Waals surface area (Å²) in [4.78, 5) is 2.10. The quantitative estimate of drug-likeness (QED) is 0.761. The average Bonchev–Trinajstić information content (AvgIpc) is 2.37. The zero-order chi connectivity index (χ0) is 13.8.